The van der Waals surface area contributed by atoms with Crippen LogP contribution in [-0.4, -0.2) is 44.3 Å². The van der Waals surface area contributed by atoms with Crippen molar-refractivity contribution in [2.75, 3.05) is 31.8 Å². The van der Waals surface area contributed by atoms with Crippen molar-refractivity contribution in [3.8, 4) is 28.4 Å². The van der Waals surface area contributed by atoms with Crippen molar-refractivity contribution < 1.29 is 41.7 Å². The zero-order valence-electron chi connectivity index (χ0n) is 24.4. The van der Waals surface area contributed by atoms with Gasteiger partial charge < -0.3 is 23.8 Å². The summed E-state index contributed by atoms with van der Waals surface area (Å²) in [6.45, 7) is 9.20. The number of rotatable bonds is 8. The van der Waals surface area contributed by atoms with E-state index in [1.54, 1.807) is 49.9 Å². The first-order valence-electron chi connectivity index (χ1n) is 13.4. The first-order chi connectivity index (χ1) is 19.6. The molecule has 0 radical (unpaired) electrons. The Kier molecular flexibility index (Phi) is 8.48. The maximum Gasteiger partial charge on any atom is 0.416 e. The third kappa shape index (κ3) is 7.16. The number of benzene rings is 3. The highest BCUT2D eigenvalue weighted by Gasteiger charge is 2.38. The van der Waals surface area contributed by atoms with Crippen LogP contribution in [0.4, 0.5) is 18.9 Å². The largest absolute Gasteiger partial charge is 0.493 e. The van der Waals surface area contributed by atoms with Crippen LogP contribution in [0.5, 0.6) is 17.2 Å². The van der Waals surface area contributed by atoms with E-state index in [1.165, 1.54) is 19.2 Å². The summed E-state index contributed by atoms with van der Waals surface area (Å²) < 4.78 is 60.9. The van der Waals surface area contributed by atoms with E-state index in [2.05, 4.69) is 0 Å². The molecule has 224 valence electrons. The summed E-state index contributed by atoms with van der Waals surface area (Å²) in [5.41, 5.74) is 1.35. The Morgan fingerprint density at radius 1 is 0.857 bits per heavy atom. The van der Waals surface area contributed by atoms with Gasteiger partial charge in [-0.25, -0.2) is 4.79 Å². The lowest BCUT2D eigenvalue weighted by molar-refractivity contribution is -0.157. The Morgan fingerprint density at radius 3 is 2.14 bits per heavy atom. The predicted molar refractivity (Wildman–Crippen MR) is 152 cm³/mol. The molecule has 1 aliphatic heterocycles. The molecule has 0 aliphatic carbocycles. The predicted octanol–water partition coefficient (Wildman–Crippen LogP) is 6.80. The summed E-state index contributed by atoms with van der Waals surface area (Å²) in [5, 5.41) is 0. The molecule has 0 saturated carbocycles. The van der Waals surface area contributed by atoms with Crippen LogP contribution in [0.1, 0.15) is 45.7 Å². The molecule has 4 rings (SSSR count). The lowest BCUT2D eigenvalue weighted by Gasteiger charge is -2.21. The molecule has 0 atom stereocenters. The zero-order valence-corrected chi connectivity index (χ0v) is 24.4. The van der Waals surface area contributed by atoms with Crippen molar-refractivity contribution in [2.24, 2.45) is 0 Å². The Hall–Kier alpha value is -4.21. The summed E-state index contributed by atoms with van der Waals surface area (Å²) in [6, 6.07) is 15.3. The molecule has 0 fully saturated rings. The number of methoxy groups -OCH3 is 1. The Morgan fingerprint density at radius 2 is 1.52 bits per heavy atom. The summed E-state index contributed by atoms with van der Waals surface area (Å²) in [6.07, 6.45) is -4.40. The van der Waals surface area contributed by atoms with E-state index in [0.29, 0.717) is 29.4 Å². The van der Waals surface area contributed by atoms with E-state index in [9.17, 15) is 22.8 Å². The molecule has 0 unspecified atom stereocenters. The van der Waals surface area contributed by atoms with Crippen LogP contribution in [0.2, 0.25) is 0 Å². The minimum absolute atomic E-state index is 0.239. The summed E-state index contributed by atoms with van der Waals surface area (Å²) in [4.78, 5) is 26.9. The third-order valence-corrected chi connectivity index (χ3v) is 6.68. The van der Waals surface area contributed by atoms with Gasteiger partial charge in [-0.15, -0.1) is 0 Å². The van der Waals surface area contributed by atoms with Crippen LogP contribution >= 0.6 is 0 Å². The van der Waals surface area contributed by atoms with Gasteiger partial charge in [-0.05, 0) is 73.9 Å². The minimum atomic E-state index is -4.40. The third-order valence-electron chi connectivity index (χ3n) is 6.68. The second-order valence-corrected chi connectivity index (χ2v) is 11.6. The van der Waals surface area contributed by atoms with Crippen LogP contribution in [0.15, 0.2) is 60.7 Å². The van der Waals surface area contributed by atoms with Crippen molar-refractivity contribution in [3.63, 3.8) is 0 Å². The number of anilines is 1. The van der Waals surface area contributed by atoms with Gasteiger partial charge in [0.05, 0.1) is 12.7 Å². The lowest BCUT2D eigenvalue weighted by Crippen LogP contribution is -2.37. The molecule has 7 nitrogen and oxygen atoms in total. The van der Waals surface area contributed by atoms with Gasteiger partial charge in [-0.3, -0.25) is 4.79 Å². The van der Waals surface area contributed by atoms with Crippen molar-refractivity contribution >= 4 is 17.6 Å². The Bertz CT molecular complexity index is 1460. The molecule has 1 amide bonds. The average Bonchev–Trinajstić information content (AvgIpc) is 3.19. The zero-order chi connectivity index (χ0) is 30.9. The van der Waals surface area contributed by atoms with E-state index in [4.69, 9.17) is 18.9 Å². The highest BCUT2D eigenvalue weighted by atomic mass is 19.4. The molecular weight excluding hydrogens is 551 g/mol. The van der Waals surface area contributed by atoms with Gasteiger partial charge in [-0.1, -0.05) is 32.0 Å². The summed E-state index contributed by atoms with van der Waals surface area (Å²) >= 11 is 0. The molecule has 0 spiro atoms. The summed E-state index contributed by atoms with van der Waals surface area (Å²) in [7, 11) is 1.45. The number of esters is 1. The first-order valence-corrected chi connectivity index (χ1v) is 13.4. The standard InChI is InChI=1S/C32H34F3NO6/c1-30(2,3)42-29(38)18-41-26-14-12-23(16-27(26)39-6)40-17-28(37)36-19-31(4,5)24-15-21(9-13-25(24)36)20-7-10-22(11-8-20)32(33,34)35/h7-16H,17-19H2,1-6H3. The van der Waals surface area contributed by atoms with E-state index in [-0.39, 0.29) is 24.5 Å². The molecular formula is C32H34F3NO6. The number of alkyl halides is 3. The van der Waals surface area contributed by atoms with E-state index < -0.39 is 23.3 Å². The number of fused-ring (bicyclic) bond motifs is 1. The highest BCUT2D eigenvalue weighted by molar-refractivity contribution is 5.97. The topological polar surface area (TPSA) is 74.3 Å². The number of carbonyl (C=O) groups is 2. The number of hydrogen-bond acceptors (Lipinski definition) is 6. The second-order valence-electron chi connectivity index (χ2n) is 11.6. The number of amides is 1. The summed E-state index contributed by atoms with van der Waals surface area (Å²) in [5.74, 6) is 0.248. The number of ether oxygens (including phenoxy) is 4. The highest BCUT2D eigenvalue weighted by Crippen LogP contribution is 2.43. The monoisotopic (exact) mass is 585 g/mol. The average molecular weight is 586 g/mol. The molecule has 42 heavy (non-hydrogen) atoms. The van der Waals surface area contributed by atoms with Gasteiger partial charge in [0.15, 0.2) is 24.7 Å². The van der Waals surface area contributed by atoms with Crippen molar-refractivity contribution in [1.82, 2.24) is 0 Å². The number of carbonyl (C=O) groups excluding carboxylic acids is 2. The van der Waals surface area contributed by atoms with E-state index in [1.807, 2.05) is 26.0 Å². The first kappa shape index (κ1) is 30.7. The van der Waals surface area contributed by atoms with Crippen molar-refractivity contribution in [2.45, 2.75) is 51.8 Å². The van der Waals surface area contributed by atoms with Gasteiger partial charge in [0.2, 0.25) is 0 Å². The van der Waals surface area contributed by atoms with E-state index in [0.717, 1.165) is 28.9 Å². The van der Waals surface area contributed by atoms with Crippen LogP contribution in [0.3, 0.4) is 0 Å². The fraction of sp³-hybridized carbons (Fsp3) is 0.375. The molecule has 0 aromatic heterocycles. The minimum Gasteiger partial charge on any atom is -0.493 e. The van der Waals surface area contributed by atoms with Gasteiger partial charge in [0.25, 0.3) is 5.91 Å². The fourth-order valence-corrected chi connectivity index (χ4v) is 4.72. The quantitative estimate of drug-likeness (QED) is 0.271. The molecule has 10 heteroatoms. The SMILES string of the molecule is COc1cc(OCC(=O)N2CC(C)(C)c3cc(-c4ccc(C(F)(F)F)cc4)ccc32)ccc1OCC(=O)OC(C)(C)C. The molecule has 3 aromatic rings. The maximum atomic E-state index is 13.3. The normalized spacial score (nSPS) is 14.3. The van der Waals surface area contributed by atoms with Crippen LogP contribution in [0, 0.1) is 0 Å². The Labute approximate surface area is 243 Å². The maximum absolute atomic E-state index is 13.3. The van der Waals surface area contributed by atoms with Gasteiger partial charge in [0, 0.05) is 23.7 Å². The van der Waals surface area contributed by atoms with Crippen molar-refractivity contribution in [1.29, 1.82) is 0 Å². The van der Waals surface area contributed by atoms with Crippen LogP contribution < -0.4 is 19.1 Å². The lowest BCUT2D eigenvalue weighted by atomic mass is 9.85. The van der Waals surface area contributed by atoms with Gasteiger partial charge in [-0.2, -0.15) is 13.2 Å². The molecule has 0 bridgehead atoms. The molecule has 3 aromatic carbocycles. The molecule has 0 saturated heterocycles. The molecule has 1 heterocycles. The number of nitrogens with zero attached hydrogens (tertiary/aromatic N) is 1. The van der Waals surface area contributed by atoms with Crippen molar-refractivity contribution in [3.05, 3.63) is 71.8 Å². The van der Waals surface area contributed by atoms with Gasteiger partial charge >= 0.3 is 12.1 Å². The number of hydrogen-bond donors (Lipinski definition) is 0. The van der Waals surface area contributed by atoms with Gasteiger partial charge in [0.1, 0.15) is 11.4 Å². The molecule has 0 N–H and O–H groups in total. The van der Waals surface area contributed by atoms with Crippen LogP contribution in [-0.2, 0) is 25.9 Å². The van der Waals surface area contributed by atoms with Crippen LogP contribution in [0.25, 0.3) is 11.1 Å². The van der Waals surface area contributed by atoms with E-state index >= 15 is 0 Å². The second kappa shape index (κ2) is 11.6. The molecule has 1 aliphatic rings. The Balaban J connectivity index is 1.43. The smallest absolute Gasteiger partial charge is 0.416 e. The number of halogens is 3. The fourth-order valence-electron chi connectivity index (χ4n) is 4.72.